The smallest absolute Gasteiger partial charge is 0.306 e. The van der Waals surface area contributed by atoms with Gasteiger partial charge < -0.3 is 20.1 Å². The molecule has 2 aliphatic rings. The van der Waals surface area contributed by atoms with Crippen molar-refractivity contribution >= 4 is 29.3 Å². The largest absolute Gasteiger partial charge is 0.490 e. The van der Waals surface area contributed by atoms with Crippen LogP contribution in [0.2, 0.25) is 5.02 Å². The average Bonchev–Trinajstić information content (AvgIpc) is 2.85. The number of aliphatic carboxylic acids is 1. The average molecular weight is 484 g/mol. The summed E-state index contributed by atoms with van der Waals surface area (Å²) in [5.74, 6) is -0.0273. The lowest BCUT2D eigenvalue weighted by Crippen LogP contribution is -2.40. The zero-order valence-corrected chi connectivity index (χ0v) is 19.4. The number of nitrogens with zero attached hydrogens (tertiary/aromatic N) is 4. The third kappa shape index (κ3) is 5.75. The number of rotatable bonds is 6. The molecule has 4 rings (SSSR count). The number of nitrogens with one attached hydrogen (secondary N) is 1. The fraction of sp³-hybridized carbons (Fsp3) is 0.458. The van der Waals surface area contributed by atoms with E-state index in [1.165, 1.54) is 0 Å². The Kier molecular flexibility index (Phi) is 7.48. The Bertz CT molecular complexity index is 1070. The van der Waals surface area contributed by atoms with Gasteiger partial charge in [0.05, 0.1) is 22.6 Å². The minimum atomic E-state index is -0.753. The van der Waals surface area contributed by atoms with Crippen LogP contribution >= 0.6 is 11.6 Å². The number of amides is 1. The molecule has 0 atom stereocenters. The van der Waals surface area contributed by atoms with Gasteiger partial charge >= 0.3 is 5.97 Å². The second-order valence-electron chi connectivity index (χ2n) is 8.69. The van der Waals surface area contributed by atoms with Gasteiger partial charge in [0, 0.05) is 25.2 Å². The molecule has 1 aliphatic carbocycles. The predicted octanol–water partition coefficient (Wildman–Crippen LogP) is 3.42. The van der Waals surface area contributed by atoms with Crippen LogP contribution in [0.1, 0.15) is 54.6 Å². The number of ether oxygens (including phenoxy) is 1. The number of carbonyl (C=O) groups is 2. The Hall–Kier alpha value is -3.38. The van der Waals surface area contributed by atoms with Gasteiger partial charge in [-0.3, -0.25) is 9.59 Å². The van der Waals surface area contributed by atoms with Gasteiger partial charge in [-0.2, -0.15) is 5.26 Å². The lowest BCUT2D eigenvalue weighted by atomic mass is 9.93. The fourth-order valence-corrected chi connectivity index (χ4v) is 4.62. The summed E-state index contributed by atoms with van der Waals surface area (Å²) in [6.07, 6.45) is 4.32. The molecule has 1 aliphatic heterocycles. The Balaban J connectivity index is 1.23. The maximum atomic E-state index is 12.6. The fourth-order valence-electron chi connectivity index (χ4n) is 4.41. The van der Waals surface area contributed by atoms with E-state index in [2.05, 4.69) is 15.5 Å². The molecule has 2 fully saturated rings. The molecule has 1 amide bonds. The van der Waals surface area contributed by atoms with E-state index in [0.717, 1.165) is 25.7 Å². The Labute approximate surface area is 202 Å². The number of carbonyl (C=O) groups excluding carboxylic acids is 1. The first-order valence-electron chi connectivity index (χ1n) is 11.4. The number of aromatic nitrogens is 2. The van der Waals surface area contributed by atoms with Gasteiger partial charge in [0.2, 0.25) is 0 Å². The lowest BCUT2D eigenvalue weighted by Gasteiger charge is -2.30. The molecule has 1 aromatic heterocycles. The second-order valence-corrected chi connectivity index (χ2v) is 9.10. The van der Waals surface area contributed by atoms with Crippen LogP contribution in [0.15, 0.2) is 30.3 Å². The summed E-state index contributed by atoms with van der Waals surface area (Å²) in [5, 5.41) is 29.8. The van der Waals surface area contributed by atoms with Crippen molar-refractivity contribution in [2.24, 2.45) is 5.92 Å². The van der Waals surface area contributed by atoms with Gasteiger partial charge in [-0.05, 0) is 62.8 Å². The van der Waals surface area contributed by atoms with Crippen molar-refractivity contribution in [2.45, 2.75) is 50.7 Å². The van der Waals surface area contributed by atoms with Gasteiger partial charge in [0.25, 0.3) is 5.91 Å². The zero-order chi connectivity index (χ0) is 24.1. The van der Waals surface area contributed by atoms with Crippen LogP contribution < -0.4 is 15.0 Å². The Morgan fingerprint density at radius 2 is 1.82 bits per heavy atom. The summed E-state index contributed by atoms with van der Waals surface area (Å²) in [7, 11) is 0. The van der Waals surface area contributed by atoms with E-state index in [0.29, 0.717) is 48.1 Å². The second kappa shape index (κ2) is 10.7. The molecule has 0 unspecified atom stereocenters. The van der Waals surface area contributed by atoms with Crippen LogP contribution in [-0.2, 0) is 4.79 Å². The molecule has 1 aromatic carbocycles. The van der Waals surface area contributed by atoms with Crippen molar-refractivity contribution in [3.8, 4) is 11.8 Å². The molecule has 2 heterocycles. The van der Waals surface area contributed by atoms with Crippen molar-refractivity contribution in [1.29, 1.82) is 5.26 Å². The topological polar surface area (TPSA) is 128 Å². The minimum absolute atomic E-state index is 0.0292. The van der Waals surface area contributed by atoms with Crippen LogP contribution in [0.5, 0.6) is 5.75 Å². The van der Waals surface area contributed by atoms with E-state index in [1.54, 1.807) is 30.3 Å². The van der Waals surface area contributed by atoms with Crippen LogP contribution in [0, 0.1) is 17.2 Å². The van der Waals surface area contributed by atoms with Crippen LogP contribution in [-0.4, -0.2) is 52.4 Å². The number of hydrogen-bond acceptors (Lipinski definition) is 7. The third-order valence-corrected chi connectivity index (χ3v) is 6.74. The van der Waals surface area contributed by atoms with E-state index in [9.17, 15) is 9.59 Å². The molecular formula is C24H26ClN5O4. The summed E-state index contributed by atoms with van der Waals surface area (Å²) in [5.41, 5.74) is 0.675. The molecular weight excluding hydrogens is 458 g/mol. The van der Waals surface area contributed by atoms with E-state index in [-0.39, 0.29) is 29.7 Å². The van der Waals surface area contributed by atoms with E-state index in [1.807, 2.05) is 11.0 Å². The van der Waals surface area contributed by atoms with Crippen molar-refractivity contribution < 1.29 is 19.4 Å². The molecule has 34 heavy (non-hydrogen) atoms. The number of nitriles is 1. The summed E-state index contributed by atoms with van der Waals surface area (Å²) in [6, 6.07) is 10.5. The monoisotopic (exact) mass is 483 g/mol. The van der Waals surface area contributed by atoms with Gasteiger partial charge in [-0.1, -0.05) is 11.6 Å². The molecule has 1 saturated heterocycles. The number of benzene rings is 1. The summed E-state index contributed by atoms with van der Waals surface area (Å²) in [6.45, 7) is 1.22. The van der Waals surface area contributed by atoms with Crippen molar-refractivity contribution in [2.75, 3.05) is 18.0 Å². The highest BCUT2D eigenvalue weighted by molar-refractivity contribution is 6.31. The first-order valence-corrected chi connectivity index (χ1v) is 11.8. The van der Waals surface area contributed by atoms with Gasteiger partial charge in [0.15, 0.2) is 11.5 Å². The van der Waals surface area contributed by atoms with Gasteiger partial charge in [0.1, 0.15) is 11.8 Å². The van der Waals surface area contributed by atoms with Crippen molar-refractivity contribution in [1.82, 2.24) is 15.5 Å². The maximum absolute atomic E-state index is 12.6. The molecule has 9 nitrogen and oxygen atoms in total. The van der Waals surface area contributed by atoms with E-state index >= 15 is 0 Å². The number of carboxylic acid groups (broad SMARTS) is 1. The predicted molar refractivity (Wildman–Crippen MR) is 125 cm³/mol. The minimum Gasteiger partial charge on any atom is -0.490 e. The molecule has 1 saturated carbocycles. The van der Waals surface area contributed by atoms with Crippen LogP contribution in [0.4, 0.5) is 5.82 Å². The molecule has 0 spiro atoms. The molecule has 2 aromatic rings. The Morgan fingerprint density at radius 3 is 2.41 bits per heavy atom. The van der Waals surface area contributed by atoms with E-state index in [4.69, 9.17) is 26.7 Å². The highest BCUT2D eigenvalue weighted by Gasteiger charge is 2.27. The van der Waals surface area contributed by atoms with Crippen molar-refractivity contribution in [3.63, 3.8) is 0 Å². The number of carboxylic acids is 1. The molecule has 2 N–H and O–H groups in total. The molecule has 0 bridgehead atoms. The zero-order valence-electron chi connectivity index (χ0n) is 18.6. The van der Waals surface area contributed by atoms with Crippen molar-refractivity contribution in [3.05, 3.63) is 46.6 Å². The quantitative estimate of drug-likeness (QED) is 0.639. The van der Waals surface area contributed by atoms with Gasteiger partial charge in [-0.15, -0.1) is 10.2 Å². The third-order valence-electron chi connectivity index (χ3n) is 6.42. The first-order chi connectivity index (χ1) is 16.4. The normalized spacial score (nSPS) is 20.9. The SMILES string of the molecule is N#Cc1ccc(OC2CCC(NC(=O)c3ccc(N4CCC(C(=O)O)CC4)nn3)CC2)cc1Cl. The molecule has 10 heteroatoms. The first kappa shape index (κ1) is 23.8. The molecule has 0 radical (unpaired) electrons. The summed E-state index contributed by atoms with van der Waals surface area (Å²) < 4.78 is 6.00. The number of piperidine rings is 1. The van der Waals surface area contributed by atoms with Crippen LogP contribution in [0.25, 0.3) is 0 Å². The Morgan fingerprint density at radius 1 is 1.09 bits per heavy atom. The molecule has 178 valence electrons. The standard InChI is InChI=1S/C24H26ClN5O4/c25-20-13-19(4-1-16(20)14-26)34-18-5-2-17(3-6-18)27-23(31)21-7-8-22(29-28-21)30-11-9-15(10-12-30)24(32)33/h1,4,7-8,13,15,17-18H,2-3,5-6,9-12H2,(H,27,31)(H,32,33). The number of halogens is 1. The number of hydrogen-bond donors (Lipinski definition) is 2. The summed E-state index contributed by atoms with van der Waals surface area (Å²) in [4.78, 5) is 25.7. The highest BCUT2D eigenvalue weighted by atomic mass is 35.5. The summed E-state index contributed by atoms with van der Waals surface area (Å²) >= 11 is 6.07. The maximum Gasteiger partial charge on any atom is 0.306 e. The van der Waals surface area contributed by atoms with Crippen LogP contribution in [0.3, 0.4) is 0 Å². The number of anilines is 1. The highest BCUT2D eigenvalue weighted by Crippen LogP contribution is 2.27. The van der Waals surface area contributed by atoms with Gasteiger partial charge in [-0.25, -0.2) is 0 Å². The lowest BCUT2D eigenvalue weighted by molar-refractivity contribution is -0.142. The van der Waals surface area contributed by atoms with E-state index < -0.39 is 5.97 Å².